The average Bonchev–Trinajstić information content (AvgIpc) is 2.36. The molecule has 2 aliphatic rings. The molecule has 2 atom stereocenters. The van der Waals surface area contributed by atoms with Crippen molar-refractivity contribution < 1.29 is 9.31 Å². The van der Waals surface area contributed by atoms with Crippen molar-refractivity contribution in [3.63, 3.8) is 0 Å². The van der Waals surface area contributed by atoms with E-state index in [4.69, 9.17) is 9.31 Å². The van der Waals surface area contributed by atoms with Crippen LogP contribution in [0.25, 0.3) is 0 Å². The minimum atomic E-state index is -0.172. The van der Waals surface area contributed by atoms with Crippen LogP contribution in [0.5, 0.6) is 0 Å². The monoisotopic (exact) mass is 224 g/mol. The van der Waals surface area contributed by atoms with Crippen LogP contribution in [-0.4, -0.2) is 18.3 Å². The van der Waals surface area contributed by atoms with Crippen LogP contribution >= 0.6 is 0 Å². The number of hydrogen-bond donors (Lipinski definition) is 0. The van der Waals surface area contributed by atoms with Crippen molar-refractivity contribution in [3.05, 3.63) is 0 Å². The van der Waals surface area contributed by atoms with E-state index in [2.05, 4.69) is 34.6 Å². The summed E-state index contributed by atoms with van der Waals surface area (Å²) in [6, 6.07) is 0. The summed E-state index contributed by atoms with van der Waals surface area (Å²) >= 11 is 0. The Morgan fingerprint density at radius 2 is 1.44 bits per heavy atom. The van der Waals surface area contributed by atoms with Crippen LogP contribution in [0, 0.1) is 5.92 Å². The Morgan fingerprint density at radius 3 is 1.94 bits per heavy atom. The van der Waals surface area contributed by atoms with Gasteiger partial charge in [0.15, 0.2) is 0 Å². The van der Waals surface area contributed by atoms with Gasteiger partial charge in [-0.3, -0.25) is 0 Å². The van der Waals surface area contributed by atoms with Gasteiger partial charge >= 0.3 is 7.12 Å². The van der Waals surface area contributed by atoms with Crippen LogP contribution in [0.3, 0.4) is 0 Å². The summed E-state index contributed by atoms with van der Waals surface area (Å²) in [6.07, 6.45) is 5.29. The Kier molecular flexibility index (Phi) is 3.13. The lowest BCUT2D eigenvalue weighted by atomic mass is 9.60. The molecule has 0 aromatic heterocycles. The molecule has 2 fully saturated rings. The van der Waals surface area contributed by atoms with Crippen LogP contribution in [0.15, 0.2) is 0 Å². The maximum Gasteiger partial charge on any atom is 0.461 e. The van der Waals surface area contributed by atoms with Gasteiger partial charge in [-0.2, -0.15) is 0 Å². The summed E-state index contributed by atoms with van der Waals surface area (Å²) < 4.78 is 12.3. The minimum Gasteiger partial charge on any atom is -0.403 e. The van der Waals surface area contributed by atoms with Gasteiger partial charge in [0, 0.05) is 0 Å². The lowest BCUT2D eigenvalue weighted by molar-refractivity contribution is 0.00578. The largest absolute Gasteiger partial charge is 0.461 e. The Morgan fingerprint density at radius 1 is 0.938 bits per heavy atom. The Hall–Kier alpha value is -0.0151. The molecule has 2 rings (SSSR count). The van der Waals surface area contributed by atoms with E-state index in [1.807, 2.05) is 0 Å². The zero-order valence-electron chi connectivity index (χ0n) is 11.4. The molecule has 0 bridgehead atoms. The van der Waals surface area contributed by atoms with Crippen molar-refractivity contribution in [2.45, 2.75) is 77.3 Å². The molecule has 0 aromatic rings. The third-order valence-electron chi connectivity index (χ3n) is 4.80. The standard InChI is InChI=1S/C13H25BO2/c1-10-8-6-7-9-11(10)14-15-12(2,3)13(4,5)16-14/h10-11H,6-9H2,1-5H3/t10-,11-/m1/s1. The van der Waals surface area contributed by atoms with E-state index >= 15 is 0 Å². The predicted molar refractivity (Wildman–Crippen MR) is 67.5 cm³/mol. The highest BCUT2D eigenvalue weighted by Gasteiger charge is 2.54. The van der Waals surface area contributed by atoms with Crippen LogP contribution in [0.4, 0.5) is 0 Å². The highest BCUT2D eigenvalue weighted by Crippen LogP contribution is 2.45. The first-order valence-electron chi connectivity index (χ1n) is 6.69. The van der Waals surface area contributed by atoms with Crippen LogP contribution in [-0.2, 0) is 9.31 Å². The minimum absolute atomic E-state index is 0.0142. The van der Waals surface area contributed by atoms with E-state index in [-0.39, 0.29) is 18.3 Å². The van der Waals surface area contributed by atoms with E-state index in [0.717, 1.165) is 5.92 Å². The van der Waals surface area contributed by atoms with Gasteiger partial charge in [0.05, 0.1) is 11.2 Å². The molecule has 0 spiro atoms. The van der Waals surface area contributed by atoms with Gasteiger partial charge in [-0.25, -0.2) is 0 Å². The van der Waals surface area contributed by atoms with Gasteiger partial charge in [0.25, 0.3) is 0 Å². The predicted octanol–water partition coefficient (Wildman–Crippen LogP) is 3.66. The highest BCUT2D eigenvalue weighted by atomic mass is 16.7. The molecule has 92 valence electrons. The summed E-state index contributed by atoms with van der Waals surface area (Å²) in [5.41, 5.74) is -0.344. The normalized spacial score (nSPS) is 37.7. The van der Waals surface area contributed by atoms with Crippen molar-refractivity contribution in [2.24, 2.45) is 5.92 Å². The SMILES string of the molecule is C[C@@H]1CCCC[C@H]1B1OC(C)(C)C(C)(C)O1. The Balaban J connectivity index is 2.07. The number of rotatable bonds is 1. The molecule has 1 aliphatic heterocycles. The summed E-state index contributed by atoms with van der Waals surface area (Å²) in [7, 11) is 0.0142. The van der Waals surface area contributed by atoms with E-state index in [0.29, 0.717) is 5.82 Å². The molecule has 0 unspecified atom stereocenters. The molecule has 0 amide bonds. The van der Waals surface area contributed by atoms with Gasteiger partial charge < -0.3 is 9.31 Å². The third kappa shape index (κ3) is 2.04. The lowest BCUT2D eigenvalue weighted by Crippen LogP contribution is -2.41. The molecule has 3 heteroatoms. The van der Waals surface area contributed by atoms with Crippen molar-refractivity contribution >= 4 is 7.12 Å². The maximum atomic E-state index is 6.15. The van der Waals surface area contributed by atoms with Gasteiger partial charge in [-0.05, 0) is 39.4 Å². The smallest absolute Gasteiger partial charge is 0.403 e. The topological polar surface area (TPSA) is 18.5 Å². The van der Waals surface area contributed by atoms with Gasteiger partial charge in [-0.1, -0.05) is 32.6 Å². The average molecular weight is 224 g/mol. The van der Waals surface area contributed by atoms with Crippen molar-refractivity contribution in [1.82, 2.24) is 0 Å². The maximum absolute atomic E-state index is 6.15. The molecule has 0 aromatic carbocycles. The molecule has 1 aliphatic carbocycles. The molecule has 16 heavy (non-hydrogen) atoms. The van der Waals surface area contributed by atoms with E-state index in [9.17, 15) is 0 Å². The molecule has 2 nitrogen and oxygen atoms in total. The van der Waals surface area contributed by atoms with Crippen molar-refractivity contribution in [2.75, 3.05) is 0 Å². The second-order valence-electron chi connectivity index (χ2n) is 6.55. The quantitative estimate of drug-likeness (QED) is 0.633. The molecular formula is C13H25BO2. The van der Waals surface area contributed by atoms with Gasteiger partial charge in [0.2, 0.25) is 0 Å². The van der Waals surface area contributed by atoms with Crippen LogP contribution < -0.4 is 0 Å². The molecule has 1 saturated heterocycles. The zero-order valence-corrected chi connectivity index (χ0v) is 11.4. The fourth-order valence-corrected chi connectivity index (χ4v) is 2.81. The second-order valence-corrected chi connectivity index (χ2v) is 6.55. The van der Waals surface area contributed by atoms with E-state index in [1.54, 1.807) is 0 Å². The summed E-state index contributed by atoms with van der Waals surface area (Å²) in [5.74, 6) is 1.33. The Labute approximate surface area is 100 Å². The fraction of sp³-hybridized carbons (Fsp3) is 1.00. The van der Waals surface area contributed by atoms with Crippen molar-refractivity contribution in [3.8, 4) is 0 Å². The molecule has 1 heterocycles. The summed E-state index contributed by atoms with van der Waals surface area (Å²) in [5, 5.41) is 0. The van der Waals surface area contributed by atoms with Crippen LogP contribution in [0.2, 0.25) is 5.82 Å². The first-order chi connectivity index (χ1) is 7.33. The van der Waals surface area contributed by atoms with E-state index < -0.39 is 0 Å². The fourth-order valence-electron chi connectivity index (χ4n) is 2.81. The molecular weight excluding hydrogens is 199 g/mol. The highest BCUT2D eigenvalue weighted by molar-refractivity contribution is 6.47. The summed E-state index contributed by atoms with van der Waals surface area (Å²) in [6.45, 7) is 10.9. The van der Waals surface area contributed by atoms with Crippen LogP contribution in [0.1, 0.15) is 60.3 Å². The summed E-state index contributed by atoms with van der Waals surface area (Å²) in [4.78, 5) is 0. The molecule has 0 N–H and O–H groups in total. The van der Waals surface area contributed by atoms with Gasteiger partial charge in [0.1, 0.15) is 0 Å². The van der Waals surface area contributed by atoms with E-state index in [1.165, 1.54) is 25.7 Å². The third-order valence-corrected chi connectivity index (χ3v) is 4.80. The first-order valence-corrected chi connectivity index (χ1v) is 6.69. The van der Waals surface area contributed by atoms with Gasteiger partial charge in [-0.15, -0.1) is 0 Å². The molecule has 0 radical (unpaired) electrons. The second kappa shape index (κ2) is 4.02. The zero-order chi connectivity index (χ0) is 12.0. The lowest BCUT2D eigenvalue weighted by Gasteiger charge is -2.32. The number of hydrogen-bond acceptors (Lipinski definition) is 2. The van der Waals surface area contributed by atoms with Crippen molar-refractivity contribution in [1.29, 1.82) is 0 Å². The molecule has 1 saturated carbocycles. The first kappa shape index (κ1) is 12.4. The Bertz CT molecular complexity index is 247.